The summed E-state index contributed by atoms with van der Waals surface area (Å²) in [7, 11) is 0. The lowest BCUT2D eigenvalue weighted by Crippen LogP contribution is -2.18. The summed E-state index contributed by atoms with van der Waals surface area (Å²) in [4.78, 5) is 4.36. The number of rotatable bonds is 5. The van der Waals surface area contributed by atoms with Crippen LogP contribution in [0.3, 0.4) is 0 Å². The van der Waals surface area contributed by atoms with Gasteiger partial charge in [0.1, 0.15) is 0 Å². The van der Waals surface area contributed by atoms with Crippen molar-refractivity contribution >= 4 is 5.95 Å². The van der Waals surface area contributed by atoms with Crippen LogP contribution in [-0.2, 0) is 0 Å². The fourth-order valence-corrected chi connectivity index (χ4v) is 1.59. The van der Waals surface area contributed by atoms with E-state index in [0.717, 1.165) is 18.4 Å². The van der Waals surface area contributed by atoms with Crippen LogP contribution < -0.4 is 5.32 Å². The Kier molecular flexibility index (Phi) is 2.98. The van der Waals surface area contributed by atoms with Gasteiger partial charge in [-0.1, -0.05) is 20.8 Å². The minimum Gasteiger partial charge on any atom is -0.355 e. The summed E-state index contributed by atoms with van der Waals surface area (Å²) in [5, 5.41) is 3.45. The molecule has 0 amide bonds. The van der Waals surface area contributed by atoms with Gasteiger partial charge in [-0.15, -0.1) is 0 Å². The smallest absolute Gasteiger partial charge is 0.203 e. The van der Waals surface area contributed by atoms with E-state index in [-0.39, 0.29) is 0 Å². The number of nitrogens with one attached hydrogen (secondary N) is 1. The molecule has 0 aliphatic heterocycles. The Morgan fingerprint density at radius 1 is 1.47 bits per heavy atom. The van der Waals surface area contributed by atoms with Crippen molar-refractivity contribution in [2.24, 2.45) is 11.8 Å². The molecule has 0 saturated heterocycles. The van der Waals surface area contributed by atoms with Gasteiger partial charge < -0.3 is 9.88 Å². The van der Waals surface area contributed by atoms with E-state index in [1.54, 1.807) is 0 Å². The van der Waals surface area contributed by atoms with Gasteiger partial charge in [-0.2, -0.15) is 0 Å². The SMILES string of the molecule is CC(C)C(C)CNc1nccn1C1CC1. The Bertz CT molecular complexity index is 312. The second-order valence-electron chi connectivity index (χ2n) is 4.99. The monoisotopic (exact) mass is 207 g/mol. The molecule has 3 nitrogen and oxygen atoms in total. The van der Waals surface area contributed by atoms with Crippen LogP contribution in [-0.4, -0.2) is 16.1 Å². The Hall–Kier alpha value is -0.990. The number of aromatic nitrogens is 2. The zero-order chi connectivity index (χ0) is 10.8. The summed E-state index contributed by atoms with van der Waals surface area (Å²) < 4.78 is 2.27. The highest BCUT2D eigenvalue weighted by atomic mass is 15.2. The third-order valence-corrected chi connectivity index (χ3v) is 3.33. The molecule has 1 heterocycles. The lowest BCUT2D eigenvalue weighted by molar-refractivity contribution is 0.438. The van der Waals surface area contributed by atoms with E-state index >= 15 is 0 Å². The normalized spacial score (nSPS) is 18.1. The van der Waals surface area contributed by atoms with E-state index in [0.29, 0.717) is 12.0 Å². The molecule has 0 radical (unpaired) electrons. The molecule has 84 valence electrons. The number of imidazole rings is 1. The van der Waals surface area contributed by atoms with E-state index < -0.39 is 0 Å². The maximum Gasteiger partial charge on any atom is 0.203 e. The van der Waals surface area contributed by atoms with E-state index in [9.17, 15) is 0 Å². The average molecular weight is 207 g/mol. The quantitative estimate of drug-likeness (QED) is 0.804. The maximum absolute atomic E-state index is 4.36. The second-order valence-corrected chi connectivity index (χ2v) is 4.99. The van der Waals surface area contributed by atoms with E-state index in [1.807, 2.05) is 6.20 Å². The molecule has 1 unspecified atom stereocenters. The minimum atomic E-state index is 0.689. The Labute approximate surface area is 91.9 Å². The van der Waals surface area contributed by atoms with Crippen LogP contribution in [0.2, 0.25) is 0 Å². The van der Waals surface area contributed by atoms with Crippen molar-refractivity contribution in [2.75, 3.05) is 11.9 Å². The minimum absolute atomic E-state index is 0.689. The van der Waals surface area contributed by atoms with Gasteiger partial charge in [0, 0.05) is 25.0 Å². The van der Waals surface area contributed by atoms with Gasteiger partial charge in [0.05, 0.1) is 0 Å². The summed E-state index contributed by atoms with van der Waals surface area (Å²) >= 11 is 0. The van der Waals surface area contributed by atoms with E-state index in [2.05, 4.69) is 41.8 Å². The highest BCUT2D eigenvalue weighted by Gasteiger charge is 2.25. The first-order valence-electron chi connectivity index (χ1n) is 5.95. The number of hydrogen-bond acceptors (Lipinski definition) is 2. The highest BCUT2D eigenvalue weighted by molar-refractivity contribution is 5.27. The number of nitrogens with zero attached hydrogens (tertiary/aromatic N) is 2. The van der Waals surface area contributed by atoms with Crippen molar-refractivity contribution in [3.05, 3.63) is 12.4 Å². The third-order valence-electron chi connectivity index (χ3n) is 3.33. The largest absolute Gasteiger partial charge is 0.355 e. The van der Waals surface area contributed by atoms with Crippen LogP contribution in [0.25, 0.3) is 0 Å². The highest BCUT2D eigenvalue weighted by Crippen LogP contribution is 2.36. The fraction of sp³-hybridized carbons (Fsp3) is 0.750. The van der Waals surface area contributed by atoms with Crippen molar-refractivity contribution < 1.29 is 0 Å². The Morgan fingerprint density at radius 2 is 2.20 bits per heavy atom. The van der Waals surface area contributed by atoms with Crippen molar-refractivity contribution in [1.29, 1.82) is 0 Å². The molecule has 0 bridgehead atoms. The molecule has 1 saturated carbocycles. The number of anilines is 1. The lowest BCUT2D eigenvalue weighted by atomic mass is 9.98. The summed E-state index contributed by atoms with van der Waals surface area (Å²) in [5.41, 5.74) is 0. The molecule has 1 atom stereocenters. The van der Waals surface area contributed by atoms with Crippen LogP contribution in [0, 0.1) is 11.8 Å². The van der Waals surface area contributed by atoms with Gasteiger partial charge in [0.25, 0.3) is 0 Å². The van der Waals surface area contributed by atoms with Crippen LogP contribution in [0.15, 0.2) is 12.4 Å². The Morgan fingerprint density at radius 3 is 2.80 bits per heavy atom. The molecule has 1 fully saturated rings. The van der Waals surface area contributed by atoms with E-state index in [1.165, 1.54) is 12.8 Å². The van der Waals surface area contributed by atoms with Gasteiger partial charge in [-0.3, -0.25) is 0 Å². The molecular formula is C12H21N3. The van der Waals surface area contributed by atoms with Crippen molar-refractivity contribution in [2.45, 2.75) is 39.7 Å². The molecule has 1 aromatic heterocycles. The fourth-order valence-electron chi connectivity index (χ4n) is 1.59. The van der Waals surface area contributed by atoms with Crippen molar-refractivity contribution in [3.63, 3.8) is 0 Å². The molecule has 15 heavy (non-hydrogen) atoms. The summed E-state index contributed by atoms with van der Waals surface area (Å²) in [6.07, 6.45) is 6.59. The first-order chi connectivity index (χ1) is 7.18. The molecule has 1 aliphatic rings. The molecular weight excluding hydrogens is 186 g/mol. The summed E-state index contributed by atoms with van der Waals surface area (Å²) in [5.74, 6) is 2.46. The predicted octanol–water partition coefficient (Wildman–Crippen LogP) is 2.92. The van der Waals surface area contributed by atoms with Gasteiger partial charge in [0.2, 0.25) is 5.95 Å². The van der Waals surface area contributed by atoms with Crippen LogP contribution in [0.5, 0.6) is 0 Å². The predicted molar refractivity (Wildman–Crippen MR) is 63.0 cm³/mol. The number of hydrogen-bond donors (Lipinski definition) is 1. The maximum atomic E-state index is 4.36. The summed E-state index contributed by atoms with van der Waals surface area (Å²) in [6.45, 7) is 7.82. The average Bonchev–Trinajstić information content (AvgIpc) is 2.94. The van der Waals surface area contributed by atoms with Gasteiger partial charge in [0.15, 0.2) is 0 Å². The van der Waals surface area contributed by atoms with Gasteiger partial charge in [-0.25, -0.2) is 4.98 Å². The molecule has 1 aliphatic carbocycles. The van der Waals surface area contributed by atoms with Crippen molar-refractivity contribution in [3.8, 4) is 0 Å². The van der Waals surface area contributed by atoms with Crippen LogP contribution in [0.4, 0.5) is 5.95 Å². The molecule has 0 spiro atoms. The van der Waals surface area contributed by atoms with Crippen LogP contribution >= 0.6 is 0 Å². The zero-order valence-electron chi connectivity index (χ0n) is 9.90. The zero-order valence-corrected chi connectivity index (χ0v) is 9.90. The van der Waals surface area contributed by atoms with Crippen LogP contribution in [0.1, 0.15) is 39.7 Å². The van der Waals surface area contributed by atoms with E-state index in [4.69, 9.17) is 0 Å². The molecule has 2 rings (SSSR count). The second kappa shape index (κ2) is 4.25. The first-order valence-corrected chi connectivity index (χ1v) is 5.95. The Balaban J connectivity index is 1.90. The topological polar surface area (TPSA) is 29.9 Å². The van der Waals surface area contributed by atoms with Crippen molar-refractivity contribution in [1.82, 2.24) is 9.55 Å². The molecule has 3 heteroatoms. The first kappa shape index (κ1) is 10.5. The molecule has 0 aromatic carbocycles. The molecule has 1 aromatic rings. The lowest BCUT2D eigenvalue weighted by Gasteiger charge is -2.17. The van der Waals surface area contributed by atoms with Gasteiger partial charge >= 0.3 is 0 Å². The standard InChI is InChI=1S/C12H21N3/c1-9(2)10(3)8-14-12-13-6-7-15(12)11-4-5-11/h6-7,9-11H,4-5,8H2,1-3H3,(H,13,14). The summed E-state index contributed by atoms with van der Waals surface area (Å²) in [6, 6.07) is 0.712. The third kappa shape index (κ3) is 2.52. The van der Waals surface area contributed by atoms with Gasteiger partial charge in [-0.05, 0) is 24.7 Å². The molecule has 1 N–H and O–H groups in total.